The predicted octanol–water partition coefficient (Wildman–Crippen LogP) is 15.6. The Labute approximate surface area is 404 Å². The first-order chi connectivity index (χ1) is 32.2. The molecule has 1 unspecified atom stereocenters. The van der Waals surface area contributed by atoms with E-state index in [0.717, 1.165) is 38.5 Å². The molecule has 0 aromatic heterocycles. The Morgan fingerprint density at radius 2 is 0.803 bits per heavy atom. The third kappa shape index (κ3) is 49.8. The van der Waals surface area contributed by atoms with Crippen molar-refractivity contribution in [1.82, 2.24) is 0 Å². The summed E-state index contributed by atoms with van der Waals surface area (Å²) >= 11 is 0. The Balaban J connectivity index is 4.22. The molecule has 0 saturated carbocycles. The standard InChI is InChI=1S/C55H101O10P/c1-3-5-7-9-11-13-15-17-19-21-23-25-27-28-30-32-34-36-38-40-42-44-46-54(58)62-50-53(51-64-66(60,61)63-49-52(57)48-56)65-55(59)47-45-43-41-39-37-35-33-31-29-26-24-22-20-18-16-14-12-10-8-6-4-2/h20,22,26,29,33,35,39,41,52-53,56-57H,3-19,21,23-25,27-28,30-32,34,36-38,40,42-51H2,1-2H3,(H,60,61)/b22-20+,29-26+,35-33+,41-39+/t52-,53+/m0/s1. The predicted molar refractivity (Wildman–Crippen MR) is 274 cm³/mol. The molecule has 0 heterocycles. The number of phosphoric ester groups is 1. The molecule has 11 heteroatoms. The van der Waals surface area contributed by atoms with Gasteiger partial charge in [-0.25, -0.2) is 4.57 Å². The molecule has 3 N–H and O–H groups in total. The smallest absolute Gasteiger partial charge is 0.462 e. The Kier molecular flexibility index (Phi) is 49.2. The van der Waals surface area contributed by atoms with Crippen molar-refractivity contribution >= 4 is 19.8 Å². The van der Waals surface area contributed by atoms with Gasteiger partial charge in [-0.15, -0.1) is 0 Å². The van der Waals surface area contributed by atoms with Crippen LogP contribution in [-0.4, -0.2) is 65.7 Å². The second kappa shape index (κ2) is 50.8. The van der Waals surface area contributed by atoms with Gasteiger partial charge in [0.05, 0.1) is 19.8 Å². The van der Waals surface area contributed by atoms with Crippen LogP contribution in [0.1, 0.15) is 251 Å². The van der Waals surface area contributed by atoms with Crippen LogP contribution in [0.2, 0.25) is 0 Å². The van der Waals surface area contributed by atoms with Crippen LogP contribution in [0.4, 0.5) is 0 Å². The number of carbonyl (C=O) groups excluding carboxylic acids is 2. The summed E-state index contributed by atoms with van der Waals surface area (Å²) < 4.78 is 32.8. The molecule has 0 aliphatic rings. The van der Waals surface area contributed by atoms with Crippen molar-refractivity contribution in [2.75, 3.05) is 26.4 Å². The SMILES string of the molecule is CCCCCCCCC/C=C/C/C=C/C/C=C/C/C=C/CCCC(=O)O[C@H](COC(=O)CCCCCCCCCCCCCCCCCCCCCCCC)COP(=O)(O)OC[C@@H](O)CO. The number of phosphoric acid groups is 1. The molecule has 386 valence electrons. The molecule has 0 rings (SSSR count). The molecule has 0 radical (unpaired) electrons. The maximum absolute atomic E-state index is 12.7. The zero-order valence-corrected chi connectivity index (χ0v) is 43.3. The average molecular weight is 953 g/mol. The minimum absolute atomic E-state index is 0.109. The fourth-order valence-electron chi connectivity index (χ4n) is 7.58. The number of hydrogen-bond acceptors (Lipinski definition) is 9. The highest BCUT2D eigenvalue weighted by Gasteiger charge is 2.27. The van der Waals surface area contributed by atoms with E-state index in [4.69, 9.17) is 23.6 Å². The van der Waals surface area contributed by atoms with Gasteiger partial charge in [-0.3, -0.25) is 18.6 Å². The fraction of sp³-hybridized carbons (Fsp3) is 0.818. The maximum atomic E-state index is 12.7. The molecule has 0 saturated heterocycles. The van der Waals surface area contributed by atoms with Crippen molar-refractivity contribution in [3.05, 3.63) is 48.6 Å². The average Bonchev–Trinajstić information content (AvgIpc) is 3.31. The number of unbranched alkanes of at least 4 members (excludes halogenated alkanes) is 29. The lowest BCUT2D eigenvalue weighted by Gasteiger charge is -2.20. The number of allylic oxidation sites excluding steroid dienone is 8. The summed E-state index contributed by atoms with van der Waals surface area (Å²) in [5.41, 5.74) is 0. The molecule has 0 spiro atoms. The van der Waals surface area contributed by atoms with E-state index in [-0.39, 0.29) is 19.4 Å². The van der Waals surface area contributed by atoms with Gasteiger partial charge in [0.1, 0.15) is 12.7 Å². The number of aliphatic hydroxyl groups is 2. The van der Waals surface area contributed by atoms with Crippen LogP contribution >= 0.6 is 7.82 Å². The highest BCUT2D eigenvalue weighted by atomic mass is 31.2. The van der Waals surface area contributed by atoms with Crippen LogP contribution in [-0.2, 0) is 32.7 Å². The van der Waals surface area contributed by atoms with Gasteiger partial charge in [-0.2, -0.15) is 0 Å². The third-order valence-electron chi connectivity index (χ3n) is 11.7. The van der Waals surface area contributed by atoms with Crippen molar-refractivity contribution in [1.29, 1.82) is 0 Å². The minimum Gasteiger partial charge on any atom is -0.462 e. The van der Waals surface area contributed by atoms with Gasteiger partial charge in [0.25, 0.3) is 0 Å². The highest BCUT2D eigenvalue weighted by Crippen LogP contribution is 2.43. The Hall–Kier alpha value is -2.07. The van der Waals surface area contributed by atoms with Crippen LogP contribution in [0.3, 0.4) is 0 Å². The van der Waals surface area contributed by atoms with Crippen LogP contribution in [0.5, 0.6) is 0 Å². The third-order valence-corrected chi connectivity index (χ3v) is 12.7. The van der Waals surface area contributed by atoms with E-state index < -0.39 is 51.8 Å². The Morgan fingerprint density at radius 1 is 0.455 bits per heavy atom. The zero-order valence-electron chi connectivity index (χ0n) is 42.4. The van der Waals surface area contributed by atoms with Gasteiger partial charge < -0.3 is 24.6 Å². The second-order valence-electron chi connectivity index (χ2n) is 18.3. The van der Waals surface area contributed by atoms with Crippen molar-refractivity contribution in [3.63, 3.8) is 0 Å². The fourth-order valence-corrected chi connectivity index (χ4v) is 8.37. The lowest BCUT2D eigenvalue weighted by molar-refractivity contribution is -0.161. The van der Waals surface area contributed by atoms with Gasteiger partial charge in [0.15, 0.2) is 6.10 Å². The molecule has 0 fully saturated rings. The quantitative estimate of drug-likeness (QED) is 0.0233. The van der Waals surface area contributed by atoms with Crippen molar-refractivity contribution in [2.24, 2.45) is 0 Å². The summed E-state index contributed by atoms with van der Waals surface area (Å²) in [6, 6.07) is 0. The first-order valence-electron chi connectivity index (χ1n) is 27.1. The van der Waals surface area contributed by atoms with E-state index in [1.165, 1.54) is 167 Å². The van der Waals surface area contributed by atoms with Crippen LogP contribution < -0.4 is 0 Å². The van der Waals surface area contributed by atoms with E-state index in [9.17, 15) is 24.2 Å². The summed E-state index contributed by atoms with van der Waals surface area (Å²) in [7, 11) is -4.64. The molecule has 0 aliphatic heterocycles. The second-order valence-corrected chi connectivity index (χ2v) is 19.7. The van der Waals surface area contributed by atoms with Gasteiger partial charge in [-0.05, 0) is 51.4 Å². The summed E-state index contributed by atoms with van der Waals surface area (Å²) in [4.78, 5) is 35.2. The topological polar surface area (TPSA) is 149 Å². The van der Waals surface area contributed by atoms with Gasteiger partial charge in [0.2, 0.25) is 0 Å². The van der Waals surface area contributed by atoms with E-state index >= 15 is 0 Å². The lowest BCUT2D eigenvalue weighted by atomic mass is 10.0. The highest BCUT2D eigenvalue weighted by molar-refractivity contribution is 7.47. The monoisotopic (exact) mass is 953 g/mol. The summed E-state index contributed by atoms with van der Waals surface area (Å²) in [6.45, 7) is 2.36. The molecule has 10 nitrogen and oxygen atoms in total. The van der Waals surface area contributed by atoms with E-state index in [2.05, 4.69) is 56.4 Å². The number of ether oxygens (including phenoxy) is 2. The molecule has 0 aliphatic carbocycles. The Morgan fingerprint density at radius 3 is 1.23 bits per heavy atom. The first kappa shape index (κ1) is 63.9. The lowest BCUT2D eigenvalue weighted by Crippen LogP contribution is -2.29. The van der Waals surface area contributed by atoms with Crippen LogP contribution in [0, 0.1) is 0 Å². The molecule has 0 aromatic carbocycles. The zero-order chi connectivity index (χ0) is 48.3. The summed E-state index contributed by atoms with van der Waals surface area (Å²) in [6.07, 6.45) is 58.1. The summed E-state index contributed by atoms with van der Waals surface area (Å²) in [5.74, 6) is -0.980. The van der Waals surface area contributed by atoms with Crippen molar-refractivity contribution < 1.29 is 47.8 Å². The normalized spacial score (nSPS) is 14.0. The number of esters is 2. The molecule has 0 bridgehead atoms. The van der Waals surface area contributed by atoms with E-state index in [1.54, 1.807) is 0 Å². The molecule has 3 atom stereocenters. The number of carbonyl (C=O) groups is 2. The molecular formula is C55H101O10P. The van der Waals surface area contributed by atoms with Gasteiger partial charge in [0, 0.05) is 12.8 Å². The van der Waals surface area contributed by atoms with Crippen molar-refractivity contribution in [2.45, 2.75) is 264 Å². The molecule has 66 heavy (non-hydrogen) atoms. The van der Waals surface area contributed by atoms with Gasteiger partial charge >= 0.3 is 19.8 Å². The summed E-state index contributed by atoms with van der Waals surface area (Å²) in [5, 5.41) is 18.4. The number of hydrogen-bond donors (Lipinski definition) is 3. The maximum Gasteiger partial charge on any atom is 0.472 e. The van der Waals surface area contributed by atoms with E-state index in [0.29, 0.717) is 19.3 Å². The van der Waals surface area contributed by atoms with Crippen molar-refractivity contribution in [3.8, 4) is 0 Å². The van der Waals surface area contributed by atoms with Crippen LogP contribution in [0.15, 0.2) is 48.6 Å². The van der Waals surface area contributed by atoms with Crippen LogP contribution in [0.25, 0.3) is 0 Å². The van der Waals surface area contributed by atoms with Gasteiger partial charge in [-0.1, -0.05) is 236 Å². The number of rotatable bonds is 51. The van der Waals surface area contributed by atoms with E-state index in [1.807, 2.05) is 6.08 Å². The molecule has 0 aromatic rings. The largest absolute Gasteiger partial charge is 0.472 e. The first-order valence-corrected chi connectivity index (χ1v) is 28.6. The molecule has 0 amide bonds. The number of aliphatic hydroxyl groups excluding tert-OH is 2. The molecular weight excluding hydrogens is 852 g/mol. The Bertz CT molecular complexity index is 1230. The minimum atomic E-state index is -4.64.